The number of carboxylic acid groups (broad SMARTS) is 1. The third-order valence-electron chi connectivity index (χ3n) is 5.78. The molecular weight excluding hydrogens is 452 g/mol. The third-order valence-corrected chi connectivity index (χ3v) is 5.78. The van der Waals surface area contributed by atoms with Crippen LogP contribution in [0.5, 0.6) is 0 Å². The van der Waals surface area contributed by atoms with Crippen LogP contribution in [-0.4, -0.2) is 61.4 Å². The smallest absolute Gasteiger partial charge is 0.407 e. The van der Waals surface area contributed by atoms with Crippen LogP contribution in [0.15, 0.2) is 65.1 Å². The Kier molecular flexibility index (Phi) is 7.47. The number of hydrogen-bond acceptors (Lipinski definition) is 6. The van der Waals surface area contributed by atoms with E-state index in [9.17, 15) is 14.4 Å². The van der Waals surface area contributed by atoms with E-state index in [-0.39, 0.29) is 50.5 Å². The van der Waals surface area contributed by atoms with Crippen molar-refractivity contribution in [3.05, 3.63) is 83.3 Å². The molecule has 0 aliphatic heterocycles. The molecule has 2 N–H and O–H groups in total. The molecule has 0 radical (unpaired) electrons. The fourth-order valence-corrected chi connectivity index (χ4v) is 4.04. The van der Waals surface area contributed by atoms with E-state index in [1.165, 1.54) is 17.0 Å². The van der Waals surface area contributed by atoms with Gasteiger partial charge in [-0.3, -0.25) is 4.79 Å². The number of nitrogens with zero attached hydrogens (tertiary/aromatic N) is 1. The monoisotopic (exact) mass is 478 g/mol. The molecule has 1 aliphatic carbocycles. The predicted octanol–water partition coefficient (Wildman–Crippen LogP) is 3.49. The van der Waals surface area contributed by atoms with Crippen LogP contribution >= 0.6 is 0 Å². The molecule has 2 amide bonds. The first kappa shape index (κ1) is 24.0. The highest BCUT2D eigenvalue weighted by Gasteiger charge is 2.28. The van der Waals surface area contributed by atoms with Gasteiger partial charge in [0.2, 0.25) is 11.7 Å². The number of carbonyl (C=O) groups excluding carboxylic acids is 2. The van der Waals surface area contributed by atoms with E-state index >= 15 is 0 Å². The number of amides is 2. The Hall–Kier alpha value is -4.11. The van der Waals surface area contributed by atoms with Crippen LogP contribution in [0, 0.1) is 0 Å². The van der Waals surface area contributed by atoms with Gasteiger partial charge in [0, 0.05) is 19.5 Å². The highest BCUT2D eigenvalue weighted by molar-refractivity contribution is 5.84. The molecule has 0 bridgehead atoms. The van der Waals surface area contributed by atoms with Crippen molar-refractivity contribution in [3.63, 3.8) is 0 Å². The second kappa shape index (κ2) is 10.9. The Morgan fingerprint density at radius 1 is 1.00 bits per heavy atom. The number of rotatable bonds is 10. The molecule has 0 saturated carbocycles. The zero-order chi connectivity index (χ0) is 24.8. The molecule has 4 rings (SSSR count). The van der Waals surface area contributed by atoms with Gasteiger partial charge in [-0.1, -0.05) is 48.5 Å². The van der Waals surface area contributed by atoms with Crippen LogP contribution in [0.3, 0.4) is 0 Å². The van der Waals surface area contributed by atoms with Crippen LogP contribution in [0.4, 0.5) is 4.79 Å². The van der Waals surface area contributed by atoms with E-state index in [2.05, 4.69) is 29.6 Å². The molecule has 35 heavy (non-hydrogen) atoms. The Bertz CT molecular complexity index is 1170. The van der Waals surface area contributed by atoms with E-state index in [1.54, 1.807) is 7.05 Å². The Morgan fingerprint density at radius 2 is 1.66 bits per heavy atom. The van der Waals surface area contributed by atoms with Crippen LogP contribution in [0.1, 0.15) is 33.4 Å². The minimum atomic E-state index is -1.17. The SMILES string of the molecule is CN(Cc1ccc(C(=O)O)o1)C(=O)COCCNC(=O)OCC1c2ccccc2-c2ccccc21. The maximum atomic E-state index is 12.2. The third kappa shape index (κ3) is 5.70. The van der Waals surface area contributed by atoms with Crippen LogP contribution < -0.4 is 5.32 Å². The average Bonchev–Trinajstić information content (AvgIpc) is 3.45. The van der Waals surface area contributed by atoms with E-state index in [1.807, 2.05) is 24.3 Å². The summed E-state index contributed by atoms with van der Waals surface area (Å²) >= 11 is 0. The summed E-state index contributed by atoms with van der Waals surface area (Å²) < 4.78 is 15.9. The van der Waals surface area contributed by atoms with E-state index < -0.39 is 12.1 Å². The normalized spacial score (nSPS) is 12.0. The highest BCUT2D eigenvalue weighted by atomic mass is 16.5. The summed E-state index contributed by atoms with van der Waals surface area (Å²) in [6.45, 7) is 0.477. The number of alkyl carbamates (subject to hydrolysis) is 1. The van der Waals surface area contributed by atoms with Crippen molar-refractivity contribution < 1.29 is 33.4 Å². The first-order chi connectivity index (χ1) is 16.9. The van der Waals surface area contributed by atoms with Crippen molar-refractivity contribution in [2.45, 2.75) is 12.5 Å². The van der Waals surface area contributed by atoms with Gasteiger partial charge in [-0.2, -0.15) is 0 Å². The lowest BCUT2D eigenvalue weighted by atomic mass is 9.98. The van der Waals surface area contributed by atoms with Crippen molar-refractivity contribution in [2.24, 2.45) is 0 Å². The van der Waals surface area contributed by atoms with Gasteiger partial charge in [-0.05, 0) is 34.4 Å². The van der Waals surface area contributed by atoms with Gasteiger partial charge in [0.05, 0.1) is 13.2 Å². The van der Waals surface area contributed by atoms with E-state index in [0.717, 1.165) is 22.3 Å². The molecular formula is C26H26N2O7. The standard InChI is InChI=1S/C26H26N2O7/c1-28(14-17-10-11-23(35-17)25(30)31)24(29)16-33-13-12-27-26(32)34-15-22-20-8-4-2-6-18(20)19-7-3-5-9-21(19)22/h2-11,22H,12-16H2,1H3,(H,27,32)(H,30,31). The maximum Gasteiger partial charge on any atom is 0.407 e. The molecule has 0 spiro atoms. The molecule has 9 nitrogen and oxygen atoms in total. The van der Waals surface area contributed by atoms with Crippen LogP contribution in [0.2, 0.25) is 0 Å². The zero-order valence-electron chi connectivity index (χ0n) is 19.2. The van der Waals surface area contributed by atoms with E-state index in [0.29, 0.717) is 5.76 Å². The zero-order valence-corrected chi connectivity index (χ0v) is 19.2. The molecule has 1 heterocycles. The molecule has 2 aromatic carbocycles. The number of aromatic carboxylic acids is 1. The Labute approximate surface area is 202 Å². The van der Waals surface area contributed by atoms with Gasteiger partial charge in [0.15, 0.2) is 0 Å². The van der Waals surface area contributed by atoms with Crippen molar-refractivity contribution in [3.8, 4) is 11.1 Å². The van der Waals surface area contributed by atoms with Crippen LogP contribution in [-0.2, 0) is 20.8 Å². The summed E-state index contributed by atoms with van der Waals surface area (Å²) in [6, 6.07) is 19.1. The maximum absolute atomic E-state index is 12.2. The lowest BCUT2D eigenvalue weighted by Crippen LogP contribution is -2.32. The molecule has 0 fully saturated rings. The summed E-state index contributed by atoms with van der Waals surface area (Å²) in [5.74, 6) is -1.32. The molecule has 1 aliphatic rings. The second-order valence-electron chi connectivity index (χ2n) is 8.13. The number of fused-ring (bicyclic) bond motifs is 3. The Balaban J connectivity index is 1.15. The van der Waals surface area contributed by atoms with E-state index in [4.69, 9.17) is 19.0 Å². The lowest BCUT2D eigenvalue weighted by molar-refractivity contribution is -0.135. The lowest BCUT2D eigenvalue weighted by Gasteiger charge is -2.16. The van der Waals surface area contributed by atoms with Crippen molar-refractivity contribution in [1.29, 1.82) is 0 Å². The summed E-state index contributed by atoms with van der Waals surface area (Å²) in [5, 5.41) is 11.5. The van der Waals surface area contributed by atoms with Crippen molar-refractivity contribution in [1.82, 2.24) is 10.2 Å². The summed E-state index contributed by atoms with van der Waals surface area (Å²) in [6.07, 6.45) is -0.550. The number of hydrogen-bond donors (Lipinski definition) is 2. The molecule has 1 aromatic heterocycles. The molecule has 0 unspecified atom stereocenters. The van der Waals surface area contributed by atoms with Crippen molar-refractivity contribution in [2.75, 3.05) is 33.4 Å². The molecule has 9 heteroatoms. The van der Waals surface area contributed by atoms with Gasteiger partial charge < -0.3 is 29.2 Å². The van der Waals surface area contributed by atoms with Gasteiger partial charge >= 0.3 is 12.1 Å². The first-order valence-corrected chi connectivity index (χ1v) is 11.2. The number of likely N-dealkylation sites (N-methyl/N-ethyl adjacent to an activating group) is 1. The minimum Gasteiger partial charge on any atom is -0.475 e. The highest BCUT2D eigenvalue weighted by Crippen LogP contribution is 2.44. The Morgan fingerprint density at radius 3 is 2.29 bits per heavy atom. The molecule has 0 saturated heterocycles. The number of ether oxygens (including phenoxy) is 2. The number of benzene rings is 2. The van der Waals surface area contributed by atoms with Gasteiger partial charge in [0.1, 0.15) is 19.0 Å². The predicted molar refractivity (Wildman–Crippen MR) is 126 cm³/mol. The quantitative estimate of drug-likeness (QED) is 0.428. The second-order valence-corrected chi connectivity index (χ2v) is 8.13. The number of carbonyl (C=O) groups is 3. The molecule has 0 atom stereocenters. The molecule has 182 valence electrons. The number of carboxylic acids is 1. The largest absolute Gasteiger partial charge is 0.475 e. The van der Waals surface area contributed by atoms with Gasteiger partial charge in [-0.15, -0.1) is 0 Å². The summed E-state index contributed by atoms with van der Waals surface area (Å²) in [5.41, 5.74) is 4.60. The fourth-order valence-electron chi connectivity index (χ4n) is 4.04. The van der Waals surface area contributed by atoms with Gasteiger partial charge in [-0.25, -0.2) is 9.59 Å². The number of nitrogens with one attached hydrogen (secondary N) is 1. The van der Waals surface area contributed by atoms with Gasteiger partial charge in [0.25, 0.3) is 0 Å². The molecule has 3 aromatic rings. The average molecular weight is 479 g/mol. The summed E-state index contributed by atoms with van der Waals surface area (Å²) in [4.78, 5) is 36.6. The van der Waals surface area contributed by atoms with Crippen molar-refractivity contribution >= 4 is 18.0 Å². The minimum absolute atomic E-state index is 0.0155. The fraction of sp³-hybridized carbons (Fsp3) is 0.269. The first-order valence-electron chi connectivity index (χ1n) is 11.2. The van der Waals surface area contributed by atoms with Crippen LogP contribution in [0.25, 0.3) is 11.1 Å². The number of furan rings is 1. The summed E-state index contributed by atoms with van der Waals surface area (Å²) in [7, 11) is 1.56. The topological polar surface area (TPSA) is 118 Å².